The molecule has 0 spiro atoms. The highest BCUT2D eigenvalue weighted by Gasteiger charge is 2.43. The van der Waals surface area contributed by atoms with E-state index in [9.17, 15) is 14.0 Å². The number of anilines is 2. The van der Waals surface area contributed by atoms with Gasteiger partial charge >= 0.3 is 0 Å². The third kappa shape index (κ3) is 2.44. The van der Waals surface area contributed by atoms with Gasteiger partial charge in [0.2, 0.25) is 5.91 Å². The molecule has 0 saturated heterocycles. The average molecular weight is 327 g/mol. The molecular weight excluding hydrogens is 309 g/mol. The van der Waals surface area contributed by atoms with Crippen LogP contribution >= 0.6 is 0 Å². The number of amides is 2. The Labute approximate surface area is 139 Å². The Hall–Kier alpha value is -2.76. The van der Waals surface area contributed by atoms with Gasteiger partial charge in [-0.05, 0) is 50.6 Å². The summed E-state index contributed by atoms with van der Waals surface area (Å²) in [5, 5.41) is 2.55. The number of rotatable bonds is 3. The number of aromatic nitrogens is 1. The fraction of sp³-hybridized carbons (Fsp3) is 0.278. The summed E-state index contributed by atoms with van der Waals surface area (Å²) in [5.41, 5.74) is 0.868. The molecule has 5 nitrogen and oxygen atoms in total. The van der Waals surface area contributed by atoms with Gasteiger partial charge in [-0.25, -0.2) is 4.39 Å². The van der Waals surface area contributed by atoms with Crippen molar-refractivity contribution in [2.75, 3.05) is 16.8 Å². The normalized spacial score (nSPS) is 15.3. The highest BCUT2D eigenvalue weighted by atomic mass is 19.1. The van der Waals surface area contributed by atoms with E-state index in [0.717, 1.165) is 0 Å². The number of hydrogen-bond acceptors (Lipinski definition) is 3. The Kier molecular flexibility index (Phi) is 3.83. The molecule has 124 valence electrons. The van der Waals surface area contributed by atoms with Crippen molar-refractivity contribution in [3.8, 4) is 0 Å². The Morgan fingerprint density at radius 2 is 2.12 bits per heavy atom. The van der Waals surface area contributed by atoms with Gasteiger partial charge in [-0.2, -0.15) is 0 Å². The van der Waals surface area contributed by atoms with Crippen LogP contribution in [-0.2, 0) is 10.2 Å². The number of pyridine rings is 1. The maximum atomic E-state index is 14.5. The van der Waals surface area contributed by atoms with Crippen molar-refractivity contribution in [1.29, 1.82) is 0 Å². The van der Waals surface area contributed by atoms with Crippen LogP contribution in [0.1, 0.15) is 36.7 Å². The summed E-state index contributed by atoms with van der Waals surface area (Å²) in [6.07, 6.45) is 2.96. The van der Waals surface area contributed by atoms with Crippen LogP contribution < -0.4 is 10.2 Å². The number of nitrogens with one attached hydrogen (secondary N) is 1. The van der Waals surface area contributed by atoms with Gasteiger partial charge < -0.3 is 10.2 Å². The van der Waals surface area contributed by atoms with E-state index < -0.39 is 17.1 Å². The summed E-state index contributed by atoms with van der Waals surface area (Å²) in [6.45, 7) is 5.89. The molecule has 0 unspecified atom stereocenters. The van der Waals surface area contributed by atoms with Crippen molar-refractivity contribution in [1.82, 2.24) is 4.98 Å². The molecule has 2 amide bonds. The molecule has 3 rings (SSSR count). The number of halogens is 1. The lowest BCUT2D eigenvalue weighted by Gasteiger charge is -2.18. The van der Waals surface area contributed by atoms with E-state index >= 15 is 0 Å². The first-order chi connectivity index (χ1) is 11.4. The predicted molar refractivity (Wildman–Crippen MR) is 89.6 cm³/mol. The highest BCUT2D eigenvalue weighted by Crippen LogP contribution is 2.43. The molecule has 1 N–H and O–H groups in total. The number of carbonyl (C=O) groups excluding carboxylic acids is 2. The van der Waals surface area contributed by atoms with Crippen LogP contribution in [0.25, 0.3) is 0 Å². The summed E-state index contributed by atoms with van der Waals surface area (Å²) < 4.78 is 14.5. The zero-order chi connectivity index (χ0) is 17.5. The topological polar surface area (TPSA) is 62.3 Å². The lowest BCUT2D eigenvalue weighted by Crippen LogP contribution is -2.35. The minimum absolute atomic E-state index is 0.0477. The molecule has 0 fully saturated rings. The van der Waals surface area contributed by atoms with E-state index in [0.29, 0.717) is 23.4 Å². The molecule has 2 aromatic rings. The third-order valence-corrected chi connectivity index (χ3v) is 4.32. The third-order valence-electron chi connectivity index (χ3n) is 4.32. The molecule has 0 saturated carbocycles. The molecule has 2 heterocycles. The van der Waals surface area contributed by atoms with Gasteiger partial charge in [0.1, 0.15) is 5.82 Å². The lowest BCUT2D eigenvalue weighted by atomic mass is 9.86. The van der Waals surface area contributed by atoms with Crippen LogP contribution in [0.2, 0.25) is 0 Å². The standard InChI is InChI=1S/C18H18FN3O2/c1-4-22-15-9-14(21-16(23)11-6-5-7-20-10-11)13(19)8-12(15)18(2,3)17(22)24/h5-10H,4H2,1-3H3,(H,21,23). The number of fused-ring (bicyclic) bond motifs is 1. The summed E-state index contributed by atoms with van der Waals surface area (Å²) >= 11 is 0. The fourth-order valence-corrected chi connectivity index (χ4v) is 2.95. The van der Waals surface area contributed by atoms with Gasteiger partial charge in [-0.3, -0.25) is 14.6 Å². The Bertz CT molecular complexity index is 819. The second-order valence-corrected chi connectivity index (χ2v) is 6.22. The van der Waals surface area contributed by atoms with Crippen molar-refractivity contribution in [2.45, 2.75) is 26.2 Å². The first-order valence-electron chi connectivity index (χ1n) is 7.73. The maximum absolute atomic E-state index is 14.5. The van der Waals surface area contributed by atoms with Gasteiger partial charge in [0.25, 0.3) is 5.91 Å². The fourth-order valence-electron chi connectivity index (χ4n) is 2.95. The average Bonchev–Trinajstić information content (AvgIpc) is 2.75. The van der Waals surface area contributed by atoms with Gasteiger partial charge in [0.15, 0.2) is 0 Å². The predicted octanol–water partition coefficient (Wildman–Crippen LogP) is 3.12. The second kappa shape index (κ2) is 5.70. The van der Waals surface area contributed by atoms with Crippen LogP contribution in [0.5, 0.6) is 0 Å². The SMILES string of the molecule is CCN1C(=O)C(C)(C)c2cc(F)c(NC(=O)c3cccnc3)cc21. The molecule has 0 atom stereocenters. The summed E-state index contributed by atoms with van der Waals surface area (Å²) in [7, 11) is 0. The van der Waals surface area contributed by atoms with Gasteiger partial charge in [0.05, 0.1) is 22.4 Å². The molecule has 6 heteroatoms. The maximum Gasteiger partial charge on any atom is 0.257 e. The Balaban J connectivity index is 1.99. The van der Waals surface area contributed by atoms with Crippen LogP contribution in [0.15, 0.2) is 36.7 Å². The Morgan fingerprint density at radius 1 is 1.38 bits per heavy atom. The molecular formula is C18H18FN3O2. The van der Waals surface area contributed by atoms with Crippen molar-refractivity contribution < 1.29 is 14.0 Å². The monoisotopic (exact) mass is 327 g/mol. The summed E-state index contributed by atoms with van der Waals surface area (Å²) in [6, 6.07) is 6.09. The first-order valence-corrected chi connectivity index (χ1v) is 7.73. The van der Waals surface area contributed by atoms with Gasteiger partial charge in [-0.15, -0.1) is 0 Å². The number of hydrogen-bond donors (Lipinski definition) is 1. The highest BCUT2D eigenvalue weighted by molar-refractivity contribution is 6.09. The molecule has 0 radical (unpaired) electrons. The van der Waals surface area contributed by atoms with Gasteiger partial charge in [0, 0.05) is 18.9 Å². The molecule has 1 aliphatic heterocycles. The molecule has 24 heavy (non-hydrogen) atoms. The minimum Gasteiger partial charge on any atom is -0.319 e. The van der Waals surface area contributed by atoms with E-state index in [4.69, 9.17) is 0 Å². The van der Waals surface area contributed by atoms with Crippen LogP contribution in [0, 0.1) is 5.82 Å². The van der Waals surface area contributed by atoms with Crippen molar-refractivity contribution in [3.63, 3.8) is 0 Å². The van der Waals surface area contributed by atoms with Gasteiger partial charge in [-0.1, -0.05) is 0 Å². The summed E-state index contributed by atoms with van der Waals surface area (Å²) in [5.74, 6) is -1.09. The summed E-state index contributed by atoms with van der Waals surface area (Å²) in [4.78, 5) is 30.2. The van der Waals surface area contributed by atoms with E-state index in [1.54, 1.807) is 37.1 Å². The van der Waals surface area contributed by atoms with E-state index in [-0.39, 0.29) is 11.6 Å². The number of benzene rings is 1. The van der Waals surface area contributed by atoms with Crippen LogP contribution in [0.3, 0.4) is 0 Å². The van der Waals surface area contributed by atoms with E-state index in [2.05, 4.69) is 10.3 Å². The zero-order valence-electron chi connectivity index (χ0n) is 13.8. The quantitative estimate of drug-likeness (QED) is 0.942. The minimum atomic E-state index is -0.780. The van der Waals surface area contributed by atoms with E-state index in [1.165, 1.54) is 18.3 Å². The zero-order valence-corrected chi connectivity index (χ0v) is 13.8. The number of likely N-dealkylation sites (N-methyl/N-ethyl adjacent to an activating group) is 1. The molecule has 1 aromatic heterocycles. The second-order valence-electron chi connectivity index (χ2n) is 6.22. The largest absolute Gasteiger partial charge is 0.319 e. The molecule has 0 aliphatic carbocycles. The first kappa shape index (κ1) is 16.1. The molecule has 1 aliphatic rings. The van der Waals surface area contributed by atoms with E-state index in [1.807, 2.05) is 6.92 Å². The lowest BCUT2D eigenvalue weighted by molar-refractivity contribution is -0.122. The van der Waals surface area contributed by atoms with Crippen LogP contribution in [0.4, 0.5) is 15.8 Å². The van der Waals surface area contributed by atoms with Crippen molar-refractivity contribution >= 4 is 23.2 Å². The van der Waals surface area contributed by atoms with Crippen LogP contribution in [-0.4, -0.2) is 23.3 Å². The van der Waals surface area contributed by atoms with Crippen molar-refractivity contribution in [2.24, 2.45) is 0 Å². The molecule has 0 bridgehead atoms. The smallest absolute Gasteiger partial charge is 0.257 e. The number of carbonyl (C=O) groups is 2. The Morgan fingerprint density at radius 3 is 2.75 bits per heavy atom. The molecule has 1 aromatic carbocycles. The van der Waals surface area contributed by atoms with Crippen molar-refractivity contribution in [3.05, 3.63) is 53.6 Å². The number of nitrogens with zero attached hydrogens (tertiary/aromatic N) is 2.